The van der Waals surface area contributed by atoms with Crippen molar-refractivity contribution in [3.05, 3.63) is 16.3 Å². The van der Waals surface area contributed by atoms with Crippen molar-refractivity contribution in [1.82, 2.24) is 9.97 Å². The lowest BCUT2D eigenvalue weighted by Crippen LogP contribution is -3.12. The molecule has 0 aromatic carbocycles. The molecular formula is C19H29N4O2S+. The van der Waals surface area contributed by atoms with Crippen molar-refractivity contribution in [2.45, 2.75) is 45.8 Å². The Morgan fingerprint density at radius 1 is 1.35 bits per heavy atom. The highest BCUT2D eigenvalue weighted by Crippen LogP contribution is 2.39. The van der Waals surface area contributed by atoms with Crippen molar-refractivity contribution in [2.24, 2.45) is 5.92 Å². The second kappa shape index (κ2) is 7.76. The maximum atomic E-state index is 9.72. The summed E-state index contributed by atoms with van der Waals surface area (Å²) in [4.78, 5) is 13.9. The first-order valence-electron chi connectivity index (χ1n) is 9.74. The van der Waals surface area contributed by atoms with E-state index in [4.69, 9.17) is 14.7 Å². The van der Waals surface area contributed by atoms with Crippen LogP contribution < -0.4 is 10.2 Å². The number of morpholine rings is 1. The third kappa shape index (κ3) is 3.86. The molecule has 0 amide bonds. The van der Waals surface area contributed by atoms with E-state index in [1.165, 1.54) is 27.1 Å². The summed E-state index contributed by atoms with van der Waals surface area (Å²) in [6.45, 7) is 9.13. The molecule has 7 heteroatoms. The number of nitrogens with zero attached hydrogens (tertiary/aromatic N) is 2. The number of anilines is 1. The van der Waals surface area contributed by atoms with E-state index in [0.717, 1.165) is 68.1 Å². The minimum Gasteiger partial charge on any atom is -0.392 e. The van der Waals surface area contributed by atoms with Gasteiger partial charge in [0.25, 0.3) is 0 Å². The van der Waals surface area contributed by atoms with Gasteiger partial charge in [0.2, 0.25) is 0 Å². The van der Waals surface area contributed by atoms with Crippen LogP contribution in [0.1, 0.15) is 36.5 Å². The average Bonchev–Trinajstić information content (AvgIpc) is 2.97. The summed E-state index contributed by atoms with van der Waals surface area (Å²) >= 11 is 1.84. The molecule has 1 aliphatic heterocycles. The summed E-state index contributed by atoms with van der Waals surface area (Å²) in [6.07, 6.45) is 3.09. The molecule has 1 aliphatic carbocycles. The zero-order valence-electron chi connectivity index (χ0n) is 15.7. The number of fused-ring (bicyclic) bond motifs is 3. The van der Waals surface area contributed by atoms with E-state index in [1.54, 1.807) is 6.92 Å². The van der Waals surface area contributed by atoms with Crippen LogP contribution in [-0.4, -0.2) is 54.0 Å². The second-order valence-corrected chi connectivity index (χ2v) is 8.87. The molecule has 2 aliphatic rings. The highest BCUT2D eigenvalue weighted by Gasteiger charge is 2.25. The molecule has 0 radical (unpaired) electrons. The predicted octanol–water partition coefficient (Wildman–Crippen LogP) is 1.02. The fraction of sp³-hybridized carbons (Fsp3) is 0.684. The van der Waals surface area contributed by atoms with Crippen molar-refractivity contribution < 1.29 is 14.7 Å². The van der Waals surface area contributed by atoms with Crippen molar-refractivity contribution in [2.75, 3.05) is 38.2 Å². The first kappa shape index (κ1) is 18.1. The van der Waals surface area contributed by atoms with Crippen molar-refractivity contribution in [3.8, 4) is 0 Å². The van der Waals surface area contributed by atoms with Gasteiger partial charge in [0.1, 0.15) is 30.3 Å². The lowest BCUT2D eigenvalue weighted by molar-refractivity contribution is -0.922. The summed E-state index contributed by atoms with van der Waals surface area (Å²) in [7, 11) is 0. The summed E-state index contributed by atoms with van der Waals surface area (Å²) < 4.78 is 5.46. The minimum absolute atomic E-state index is 0.400. The molecule has 2 atom stereocenters. The first-order valence-corrected chi connectivity index (χ1v) is 10.6. The fourth-order valence-corrected chi connectivity index (χ4v) is 5.30. The molecule has 26 heavy (non-hydrogen) atoms. The van der Waals surface area contributed by atoms with Gasteiger partial charge in [0, 0.05) is 11.4 Å². The van der Waals surface area contributed by atoms with Crippen LogP contribution in [0.15, 0.2) is 0 Å². The Hall–Kier alpha value is -1.28. The van der Waals surface area contributed by atoms with Crippen molar-refractivity contribution in [3.63, 3.8) is 0 Å². The number of nitrogens with one attached hydrogen (secondary N) is 2. The van der Waals surface area contributed by atoms with E-state index >= 15 is 0 Å². The molecule has 0 spiro atoms. The molecule has 1 fully saturated rings. The van der Waals surface area contributed by atoms with E-state index in [1.807, 2.05) is 11.3 Å². The van der Waals surface area contributed by atoms with Gasteiger partial charge in [-0.15, -0.1) is 11.3 Å². The van der Waals surface area contributed by atoms with E-state index in [-0.39, 0.29) is 0 Å². The van der Waals surface area contributed by atoms with Crippen LogP contribution in [0, 0.1) is 5.92 Å². The van der Waals surface area contributed by atoms with E-state index in [9.17, 15) is 5.11 Å². The van der Waals surface area contributed by atoms with Gasteiger partial charge >= 0.3 is 0 Å². The normalized spacial score (nSPS) is 22.3. The lowest BCUT2D eigenvalue weighted by atomic mass is 9.89. The van der Waals surface area contributed by atoms with Crippen molar-refractivity contribution in [1.29, 1.82) is 0 Å². The van der Waals surface area contributed by atoms with E-state index < -0.39 is 6.10 Å². The van der Waals surface area contributed by atoms with Crippen LogP contribution in [0.4, 0.5) is 5.82 Å². The maximum Gasteiger partial charge on any atom is 0.187 e. The number of aliphatic hydroxyl groups excluding tert-OH is 1. The molecule has 0 bridgehead atoms. The monoisotopic (exact) mass is 377 g/mol. The first-order chi connectivity index (χ1) is 12.6. The predicted molar refractivity (Wildman–Crippen MR) is 104 cm³/mol. The Labute approximate surface area is 158 Å². The van der Waals surface area contributed by atoms with Gasteiger partial charge in [0.05, 0.1) is 24.7 Å². The van der Waals surface area contributed by atoms with Gasteiger partial charge in [-0.3, -0.25) is 0 Å². The third-order valence-electron chi connectivity index (χ3n) is 5.37. The number of rotatable bonds is 5. The van der Waals surface area contributed by atoms with Crippen LogP contribution in [0.5, 0.6) is 0 Å². The second-order valence-electron chi connectivity index (χ2n) is 7.79. The van der Waals surface area contributed by atoms with Gasteiger partial charge in [-0.1, -0.05) is 6.92 Å². The SMILES string of the molecule is C[C@H]1CCc2c(sc3nc(C[NH+]4CCOCC4)nc(NC[C@H](C)O)c23)C1. The van der Waals surface area contributed by atoms with E-state index in [0.29, 0.717) is 6.54 Å². The number of quaternary nitrogens is 1. The fourth-order valence-electron chi connectivity index (χ4n) is 3.90. The molecule has 2 aromatic rings. The van der Waals surface area contributed by atoms with Crippen LogP contribution in [0.2, 0.25) is 0 Å². The average molecular weight is 378 g/mol. The van der Waals surface area contributed by atoms with Crippen LogP contribution in [-0.2, 0) is 24.1 Å². The molecule has 3 N–H and O–H groups in total. The summed E-state index contributed by atoms with van der Waals surface area (Å²) in [6, 6.07) is 0. The quantitative estimate of drug-likeness (QED) is 0.726. The number of aliphatic hydroxyl groups is 1. The van der Waals surface area contributed by atoms with Crippen LogP contribution in [0.25, 0.3) is 10.2 Å². The highest BCUT2D eigenvalue weighted by atomic mass is 32.1. The standard InChI is InChI=1S/C19H28N4O2S/c1-12-3-4-14-15(9-12)26-19-17(14)18(20-10-13(2)24)21-16(22-19)11-23-5-7-25-8-6-23/h12-13,24H,3-11H2,1-2H3,(H,20,21,22)/p+1/t12-,13-/m0/s1. The van der Waals surface area contributed by atoms with Gasteiger partial charge < -0.3 is 20.1 Å². The Balaban J connectivity index is 1.69. The topological polar surface area (TPSA) is 71.7 Å². The highest BCUT2D eigenvalue weighted by molar-refractivity contribution is 7.19. The zero-order chi connectivity index (χ0) is 18.1. The maximum absolute atomic E-state index is 9.72. The molecule has 2 aromatic heterocycles. The zero-order valence-corrected chi connectivity index (χ0v) is 16.5. The minimum atomic E-state index is -0.400. The summed E-state index contributed by atoms with van der Waals surface area (Å²) in [5.41, 5.74) is 1.43. The number of hydrogen-bond acceptors (Lipinski definition) is 6. The van der Waals surface area contributed by atoms with Crippen LogP contribution in [0.3, 0.4) is 0 Å². The number of hydrogen-bond donors (Lipinski definition) is 3. The molecule has 6 nitrogen and oxygen atoms in total. The van der Waals surface area contributed by atoms with Gasteiger partial charge in [-0.2, -0.15) is 0 Å². The third-order valence-corrected chi connectivity index (χ3v) is 6.52. The Morgan fingerprint density at radius 2 is 2.15 bits per heavy atom. The lowest BCUT2D eigenvalue weighted by Gasteiger charge is -2.23. The number of aryl methyl sites for hydroxylation is 1. The Bertz CT molecular complexity index is 770. The molecule has 3 heterocycles. The molecule has 142 valence electrons. The van der Waals surface area contributed by atoms with Crippen molar-refractivity contribution >= 4 is 27.4 Å². The van der Waals surface area contributed by atoms with Gasteiger partial charge in [-0.05, 0) is 37.7 Å². The number of ether oxygens (including phenoxy) is 1. The Morgan fingerprint density at radius 3 is 2.92 bits per heavy atom. The smallest absolute Gasteiger partial charge is 0.187 e. The summed E-state index contributed by atoms with van der Waals surface area (Å²) in [5, 5.41) is 14.3. The Kier molecular flexibility index (Phi) is 5.40. The molecular weight excluding hydrogens is 348 g/mol. The van der Waals surface area contributed by atoms with E-state index in [2.05, 4.69) is 12.2 Å². The number of aromatic nitrogens is 2. The van der Waals surface area contributed by atoms with Crippen LogP contribution >= 0.6 is 11.3 Å². The summed E-state index contributed by atoms with van der Waals surface area (Å²) in [5.74, 6) is 2.55. The largest absolute Gasteiger partial charge is 0.392 e. The van der Waals surface area contributed by atoms with Gasteiger partial charge in [-0.25, -0.2) is 9.97 Å². The number of thiophene rings is 1. The molecule has 0 unspecified atom stereocenters. The molecule has 4 rings (SSSR count). The van der Waals surface area contributed by atoms with Gasteiger partial charge in [0.15, 0.2) is 5.82 Å². The molecule has 1 saturated heterocycles. The molecule has 0 saturated carbocycles.